The Balaban J connectivity index is 1.03. The van der Waals surface area contributed by atoms with Gasteiger partial charge in [0.1, 0.15) is 11.0 Å². The lowest BCUT2D eigenvalue weighted by molar-refractivity contribution is 0.0628. The summed E-state index contributed by atoms with van der Waals surface area (Å²) in [5.74, 6) is 1.57. The number of piperazine rings is 2. The fourth-order valence-electron chi connectivity index (χ4n) is 5.55. The van der Waals surface area contributed by atoms with Gasteiger partial charge in [0.25, 0.3) is 5.91 Å². The van der Waals surface area contributed by atoms with Gasteiger partial charge in [-0.25, -0.2) is 9.97 Å². The summed E-state index contributed by atoms with van der Waals surface area (Å²) in [5.41, 5.74) is 4.22. The Bertz CT molecular complexity index is 1540. The molecule has 0 unspecified atom stereocenters. The van der Waals surface area contributed by atoms with Gasteiger partial charge >= 0.3 is 0 Å². The monoisotopic (exact) mass is 632 g/mol. The van der Waals surface area contributed by atoms with Crippen LogP contribution in [-0.2, 0) is 12.3 Å². The van der Waals surface area contributed by atoms with Crippen LogP contribution in [0.3, 0.4) is 0 Å². The molecule has 1 amide bonds. The van der Waals surface area contributed by atoms with Gasteiger partial charge in [0.05, 0.1) is 0 Å². The Morgan fingerprint density at radius 3 is 2.21 bits per heavy atom. The van der Waals surface area contributed by atoms with Crippen LogP contribution in [0.25, 0.3) is 0 Å². The second-order valence-electron chi connectivity index (χ2n) is 10.8. The quantitative estimate of drug-likeness (QED) is 0.127. The molecule has 0 radical (unpaired) electrons. The summed E-state index contributed by atoms with van der Waals surface area (Å²) in [4.78, 5) is 31.6. The maximum absolute atomic E-state index is 13.3. The third-order valence-electron chi connectivity index (χ3n) is 7.89. The molecular weight excluding hydrogens is 599 g/mol. The molecule has 0 bridgehead atoms. The van der Waals surface area contributed by atoms with E-state index in [1.54, 1.807) is 0 Å². The van der Waals surface area contributed by atoms with E-state index < -0.39 is 0 Å². The summed E-state index contributed by atoms with van der Waals surface area (Å²) < 4.78 is 0. The van der Waals surface area contributed by atoms with Crippen molar-refractivity contribution in [1.29, 1.82) is 0 Å². The number of anilines is 2. The van der Waals surface area contributed by atoms with Gasteiger partial charge in [0.2, 0.25) is 0 Å². The average Bonchev–Trinajstić information content (AvgIpc) is 3.04. The number of thioether (sulfide) groups is 1. The normalized spacial score (nSPS) is 16.0. The van der Waals surface area contributed by atoms with Crippen LogP contribution in [0.4, 0.5) is 11.5 Å². The number of carbonyl (C=O) groups is 1. The highest BCUT2D eigenvalue weighted by molar-refractivity contribution is 7.98. The first kappa shape index (κ1) is 29.8. The van der Waals surface area contributed by atoms with Crippen LogP contribution in [0.15, 0.2) is 90.1 Å². The number of nitrogens with zero attached hydrogens (tertiary/aromatic N) is 6. The number of aromatic nitrogens is 2. The SMILES string of the molecule is O=C(c1cccc(CSc2nc(Cl)cc(N3CCN(c4cccc(Cl)c4)CC3)n2)c1)N1CCN(Cc2ccccc2)CC1. The second kappa shape index (κ2) is 14.0. The van der Waals surface area contributed by atoms with Gasteiger partial charge in [-0.3, -0.25) is 9.69 Å². The van der Waals surface area contributed by atoms with E-state index in [2.05, 4.69) is 50.0 Å². The van der Waals surface area contributed by atoms with E-state index in [1.165, 1.54) is 17.3 Å². The van der Waals surface area contributed by atoms with E-state index in [0.29, 0.717) is 16.1 Å². The minimum atomic E-state index is 0.0874. The van der Waals surface area contributed by atoms with Gasteiger partial charge in [0.15, 0.2) is 5.16 Å². The number of hydrogen-bond donors (Lipinski definition) is 0. The smallest absolute Gasteiger partial charge is 0.253 e. The largest absolute Gasteiger partial charge is 0.368 e. The zero-order chi connectivity index (χ0) is 29.6. The summed E-state index contributed by atoms with van der Waals surface area (Å²) in [5, 5.41) is 1.81. The van der Waals surface area contributed by atoms with E-state index in [0.717, 1.165) is 86.6 Å². The van der Waals surface area contributed by atoms with Crippen LogP contribution in [0.2, 0.25) is 10.2 Å². The molecule has 2 saturated heterocycles. The molecule has 222 valence electrons. The number of benzene rings is 3. The molecular formula is C33H34Cl2N6OS. The molecule has 7 nitrogen and oxygen atoms in total. The van der Waals surface area contributed by atoms with Gasteiger partial charge in [-0.05, 0) is 41.5 Å². The molecule has 6 rings (SSSR count). The molecule has 1 aromatic heterocycles. The van der Waals surface area contributed by atoms with Crippen LogP contribution >= 0.6 is 35.0 Å². The van der Waals surface area contributed by atoms with Crippen LogP contribution in [0.1, 0.15) is 21.5 Å². The van der Waals surface area contributed by atoms with Crippen molar-refractivity contribution in [2.45, 2.75) is 17.5 Å². The Morgan fingerprint density at radius 2 is 1.44 bits per heavy atom. The molecule has 4 aromatic rings. The zero-order valence-electron chi connectivity index (χ0n) is 23.9. The molecule has 43 heavy (non-hydrogen) atoms. The first-order chi connectivity index (χ1) is 21.0. The maximum Gasteiger partial charge on any atom is 0.253 e. The molecule has 0 aliphatic carbocycles. The summed E-state index contributed by atoms with van der Waals surface area (Å²) >= 11 is 14.2. The van der Waals surface area contributed by atoms with Crippen LogP contribution in [-0.4, -0.2) is 78.0 Å². The lowest BCUT2D eigenvalue weighted by Crippen LogP contribution is -2.48. The van der Waals surface area contributed by atoms with Gasteiger partial charge in [-0.15, -0.1) is 0 Å². The predicted molar refractivity (Wildman–Crippen MR) is 177 cm³/mol. The highest BCUT2D eigenvalue weighted by atomic mass is 35.5. The second-order valence-corrected chi connectivity index (χ2v) is 12.6. The molecule has 0 N–H and O–H groups in total. The molecule has 0 spiro atoms. The first-order valence-electron chi connectivity index (χ1n) is 14.6. The van der Waals surface area contributed by atoms with Gasteiger partial charge in [-0.2, -0.15) is 0 Å². The fraction of sp³-hybridized carbons (Fsp3) is 0.303. The van der Waals surface area contributed by atoms with Crippen molar-refractivity contribution in [3.63, 3.8) is 0 Å². The predicted octanol–water partition coefficient (Wildman–Crippen LogP) is 6.36. The topological polar surface area (TPSA) is 55.8 Å². The van der Waals surface area contributed by atoms with E-state index in [1.807, 2.05) is 59.5 Å². The average molecular weight is 634 g/mol. The molecule has 3 aromatic carbocycles. The number of carbonyl (C=O) groups excluding carboxylic acids is 1. The first-order valence-corrected chi connectivity index (χ1v) is 16.3. The highest BCUT2D eigenvalue weighted by Gasteiger charge is 2.23. The van der Waals surface area contributed by atoms with Crippen LogP contribution in [0, 0.1) is 0 Å². The Kier molecular flexibility index (Phi) is 9.68. The minimum Gasteiger partial charge on any atom is -0.368 e. The highest BCUT2D eigenvalue weighted by Crippen LogP contribution is 2.27. The van der Waals surface area contributed by atoms with Crippen molar-refractivity contribution in [2.75, 3.05) is 62.2 Å². The maximum atomic E-state index is 13.3. The summed E-state index contributed by atoms with van der Waals surface area (Å²) in [7, 11) is 0. The third-order valence-corrected chi connectivity index (χ3v) is 9.24. The van der Waals surface area contributed by atoms with E-state index in [4.69, 9.17) is 28.2 Å². The Morgan fingerprint density at radius 1 is 0.721 bits per heavy atom. The number of hydrogen-bond acceptors (Lipinski definition) is 7. The molecule has 2 aliphatic heterocycles. The van der Waals surface area contributed by atoms with Crippen molar-refractivity contribution in [2.24, 2.45) is 0 Å². The number of amides is 1. The van der Waals surface area contributed by atoms with E-state index >= 15 is 0 Å². The lowest BCUT2D eigenvalue weighted by atomic mass is 10.1. The van der Waals surface area contributed by atoms with Crippen molar-refractivity contribution in [1.82, 2.24) is 19.8 Å². The lowest BCUT2D eigenvalue weighted by Gasteiger charge is -2.36. The standard InChI is InChI=1S/C33H34Cl2N6OS/c34-28-10-5-11-29(21-28)39-16-18-40(19-17-39)31-22-30(35)36-33(37-31)43-24-26-8-4-9-27(20-26)32(42)41-14-12-38(13-15-41)23-25-6-2-1-3-7-25/h1-11,20-22H,12-19,23-24H2. The van der Waals surface area contributed by atoms with Crippen molar-refractivity contribution >= 4 is 52.4 Å². The van der Waals surface area contributed by atoms with Crippen molar-refractivity contribution in [3.05, 3.63) is 112 Å². The molecule has 0 saturated carbocycles. The Hall–Kier alpha value is -3.30. The van der Waals surface area contributed by atoms with Gasteiger partial charge in [-0.1, -0.05) is 83.5 Å². The molecule has 2 aliphatic rings. The van der Waals surface area contributed by atoms with Gasteiger partial charge in [0, 0.05) is 87.0 Å². The summed E-state index contributed by atoms with van der Waals surface area (Å²) in [6.45, 7) is 7.53. The molecule has 3 heterocycles. The zero-order valence-corrected chi connectivity index (χ0v) is 26.2. The molecule has 2 fully saturated rings. The van der Waals surface area contributed by atoms with Crippen molar-refractivity contribution < 1.29 is 4.79 Å². The van der Waals surface area contributed by atoms with Crippen LogP contribution in [0.5, 0.6) is 0 Å². The summed E-state index contributed by atoms with van der Waals surface area (Å²) in [6, 6.07) is 28.2. The van der Waals surface area contributed by atoms with E-state index in [-0.39, 0.29) is 5.91 Å². The summed E-state index contributed by atoms with van der Waals surface area (Å²) in [6.07, 6.45) is 0. The van der Waals surface area contributed by atoms with Gasteiger partial charge < -0.3 is 14.7 Å². The molecule has 0 atom stereocenters. The van der Waals surface area contributed by atoms with Crippen molar-refractivity contribution in [3.8, 4) is 0 Å². The van der Waals surface area contributed by atoms with E-state index in [9.17, 15) is 4.79 Å². The number of halogens is 2. The molecule has 10 heteroatoms. The number of rotatable bonds is 8. The van der Waals surface area contributed by atoms with Crippen LogP contribution < -0.4 is 9.80 Å². The fourth-order valence-corrected chi connectivity index (χ4v) is 6.76. The minimum absolute atomic E-state index is 0.0874. The Labute approximate surface area is 267 Å². The third kappa shape index (κ3) is 7.81.